The van der Waals surface area contributed by atoms with Crippen molar-refractivity contribution < 1.29 is 9.53 Å². The van der Waals surface area contributed by atoms with Gasteiger partial charge in [0.2, 0.25) is 11.9 Å². The molecule has 214 valence electrons. The average Bonchev–Trinajstić information content (AvgIpc) is 3.39. The van der Waals surface area contributed by atoms with E-state index in [0.29, 0.717) is 28.0 Å². The lowest BCUT2D eigenvalue weighted by Gasteiger charge is -2.26. The lowest BCUT2D eigenvalue weighted by atomic mass is 10.1. The van der Waals surface area contributed by atoms with Crippen LogP contribution in [0, 0.1) is 0 Å². The van der Waals surface area contributed by atoms with Crippen molar-refractivity contribution in [3.05, 3.63) is 72.5 Å². The van der Waals surface area contributed by atoms with Crippen molar-refractivity contribution in [3.8, 4) is 17.0 Å². The monoisotopic (exact) mass is 575 g/mol. The third-order valence-electron chi connectivity index (χ3n) is 6.22. The number of halogens is 1. The molecule has 1 amide bonds. The normalized spacial score (nSPS) is 10.8. The van der Waals surface area contributed by atoms with Gasteiger partial charge in [0, 0.05) is 50.7 Å². The Balaban J connectivity index is 1.66. The minimum absolute atomic E-state index is 0.278. The molecular weight excluding hydrogens is 542 g/mol. The first-order valence-electron chi connectivity index (χ1n) is 12.9. The highest BCUT2D eigenvalue weighted by Crippen LogP contribution is 2.38. The topological polar surface area (TPSA) is 112 Å². The van der Waals surface area contributed by atoms with Gasteiger partial charge in [-0.15, -0.1) is 0 Å². The van der Waals surface area contributed by atoms with Gasteiger partial charge in [0.05, 0.1) is 36.1 Å². The summed E-state index contributed by atoms with van der Waals surface area (Å²) in [5.41, 5.74) is 4.42. The largest absolute Gasteiger partial charge is 0.494 e. The Labute approximate surface area is 244 Å². The van der Waals surface area contributed by atoms with E-state index in [9.17, 15) is 4.79 Å². The minimum Gasteiger partial charge on any atom is -0.494 e. The summed E-state index contributed by atoms with van der Waals surface area (Å²) in [7, 11) is 9.42. The molecule has 0 aliphatic heterocycles. The molecule has 0 unspecified atom stereocenters. The number of benzene rings is 2. The van der Waals surface area contributed by atoms with Crippen LogP contribution in [-0.4, -0.2) is 71.9 Å². The molecule has 0 radical (unpaired) electrons. The maximum absolute atomic E-state index is 12.3. The molecule has 2 aromatic carbocycles. The number of rotatable bonds is 12. The van der Waals surface area contributed by atoms with Gasteiger partial charge < -0.3 is 30.5 Å². The van der Waals surface area contributed by atoms with Crippen molar-refractivity contribution >= 4 is 52.0 Å². The highest BCUT2D eigenvalue weighted by molar-refractivity contribution is 6.33. The number of para-hydroxylation sites is 1. The molecule has 3 N–H and O–H groups in total. The number of ether oxygens (including phenoxy) is 1. The Morgan fingerprint density at radius 3 is 2.56 bits per heavy atom. The number of aromatic nitrogens is 4. The van der Waals surface area contributed by atoms with Gasteiger partial charge in [0.1, 0.15) is 10.8 Å². The molecular formula is C29H34ClN9O2. The predicted octanol–water partition coefficient (Wildman–Crippen LogP) is 5.15. The summed E-state index contributed by atoms with van der Waals surface area (Å²) in [5.74, 6) is 0.901. The van der Waals surface area contributed by atoms with E-state index in [1.165, 1.54) is 12.3 Å². The molecule has 0 spiro atoms. The summed E-state index contributed by atoms with van der Waals surface area (Å²) < 4.78 is 7.44. The number of nitrogens with zero attached hydrogens (tertiary/aromatic N) is 6. The van der Waals surface area contributed by atoms with Crippen molar-refractivity contribution in [1.82, 2.24) is 24.6 Å². The quantitative estimate of drug-likeness (QED) is 0.197. The molecule has 2 aromatic heterocycles. The third kappa shape index (κ3) is 7.33. The Morgan fingerprint density at radius 2 is 1.88 bits per heavy atom. The summed E-state index contributed by atoms with van der Waals surface area (Å²) in [4.78, 5) is 25.4. The Bertz CT molecular complexity index is 1540. The highest BCUT2D eigenvalue weighted by Gasteiger charge is 2.17. The van der Waals surface area contributed by atoms with Crippen LogP contribution >= 0.6 is 11.6 Å². The molecule has 0 fully saturated rings. The summed E-state index contributed by atoms with van der Waals surface area (Å²) in [6.45, 7) is 5.13. The van der Waals surface area contributed by atoms with Crippen LogP contribution < -0.4 is 25.6 Å². The van der Waals surface area contributed by atoms with E-state index in [1.807, 2.05) is 75.7 Å². The number of hydrogen-bond donors (Lipinski definition) is 3. The van der Waals surface area contributed by atoms with Gasteiger partial charge in [-0.2, -0.15) is 10.1 Å². The molecule has 0 bridgehead atoms. The zero-order chi connectivity index (χ0) is 29.5. The van der Waals surface area contributed by atoms with Crippen LogP contribution in [-0.2, 0) is 11.8 Å². The SMILES string of the molecule is C=CC(=O)Nc1cc(Nc2ncc(Cl)c(Nc3ccccc3-c3ccn(C)n3)n2)c(OC)cc1N(C)CCN(C)C. The smallest absolute Gasteiger partial charge is 0.247 e. The lowest BCUT2D eigenvalue weighted by molar-refractivity contribution is -0.111. The number of carbonyl (C=O) groups is 1. The maximum atomic E-state index is 12.3. The Morgan fingerprint density at radius 1 is 1.10 bits per heavy atom. The molecule has 41 heavy (non-hydrogen) atoms. The number of amides is 1. The second kappa shape index (κ2) is 13.2. The zero-order valence-electron chi connectivity index (χ0n) is 23.8. The Kier molecular flexibility index (Phi) is 9.43. The van der Waals surface area contributed by atoms with Gasteiger partial charge in [-0.1, -0.05) is 36.4 Å². The van der Waals surface area contributed by atoms with Gasteiger partial charge in [-0.25, -0.2) is 4.98 Å². The molecule has 4 aromatic rings. The molecule has 2 heterocycles. The standard InChI is InChI=1S/C29H34ClN9O2/c1-7-27(40)32-23-16-24(26(41-6)17-25(23)38(4)15-14-37(2)3)34-29-31-18-20(30)28(35-29)33-21-11-9-8-10-19(21)22-12-13-39(5)36-22/h7-13,16-18H,1,14-15H2,2-6H3,(H,32,40)(H2,31,33,34,35). The number of anilines is 6. The fourth-order valence-electron chi connectivity index (χ4n) is 4.04. The van der Waals surface area contributed by atoms with Crippen LogP contribution in [0.4, 0.5) is 34.5 Å². The first-order valence-corrected chi connectivity index (χ1v) is 13.2. The average molecular weight is 576 g/mol. The summed E-state index contributed by atoms with van der Waals surface area (Å²) >= 11 is 6.49. The molecule has 0 atom stereocenters. The lowest BCUT2D eigenvalue weighted by Crippen LogP contribution is -2.29. The number of hydrogen-bond acceptors (Lipinski definition) is 9. The number of likely N-dealkylation sites (N-methyl/N-ethyl adjacent to an activating group) is 2. The first kappa shape index (κ1) is 29.4. The van der Waals surface area contributed by atoms with E-state index in [2.05, 4.69) is 42.5 Å². The van der Waals surface area contributed by atoms with E-state index in [0.717, 1.165) is 35.7 Å². The second-order valence-corrected chi connectivity index (χ2v) is 9.96. The summed E-state index contributed by atoms with van der Waals surface area (Å²) in [6.07, 6.45) is 4.62. The van der Waals surface area contributed by atoms with E-state index in [-0.39, 0.29) is 11.9 Å². The van der Waals surface area contributed by atoms with Crippen LogP contribution in [0.3, 0.4) is 0 Å². The van der Waals surface area contributed by atoms with Gasteiger partial charge in [0.15, 0.2) is 5.82 Å². The number of nitrogens with one attached hydrogen (secondary N) is 3. The van der Waals surface area contributed by atoms with Crippen molar-refractivity contribution in [2.75, 3.05) is 62.2 Å². The second-order valence-electron chi connectivity index (χ2n) is 9.55. The molecule has 0 saturated carbocycles. The molecule has 4 rings (SSSR count). The van der Waals surface area contributed by atoms with Crippen LogP contribution in [0.15, 0.2) is 67.5 Å². The summed E-state index contributed by atoms with van der Waals surface area (Å²) in [6, 6.07) is 13.3. The van der Waals surface area contributed by atoms with Gasteiger partial charge in [-0.3, -0.25) is 9.48 Å². The van der Waals surface area contributed by atoms with E-state index in [1.54, 1.807) is 17.9 Å². The van der Waals surface area contributed by atoms with Crippen molar-refractivity contribution in [2.45, 2.75) is 0 Å². The predicted molar refractivity (Wildman–Crippen MR) is 166 cm³/mol. The summed E-state index contributed by atoms with van der Waals surface area (Å²) in [5, 5.41) is 14.3. The van der Waals surface area contributed by atoms with Crippen molar-refractivity contribution in [1.29, 1.82) is 0 Å². The zero-order valence-corrected chi connectivity index (χ0v) is 24.5. The van der Waals surface area contributed by atoms with E-state index in [4.69, 9.17) is 16.3 Å². The number of methoxy groups -OCH3 is 1. The Hall–Kier alpha value is -4.61. The van der Waals surface area contributed by atoms with Crippen LogP contribution in [0.5, 0.6) is 5.75 Å². The number of carbonyl (C=O) groups excluding carboxylic acids is 1. The van der Waals surface area contributed by atoms with Crippen LogP contribution in [0.2, 0.25) is 5.02 Å². The van der Waals surface area contributed by atoms with E-state index >= 15 is 0 Å². The van der Waals surface area contributed by atoms with E-state index < -0.39 is 0 Å². The molecule has 12 heteroatoms. The van der Waals surface area contributed by atoms with Crippen LogP contribution in [0.25, 0.3) is 11.3 Å². The molecule has 0 aliphatic rings. The number of aryl methyl sites for hydroxylation is 1. The molecule has 0 saturated heterocycles. The third-order valence-corrected chi connectivity index (χ3v) is 6.49. The fourth-order valence-corrected chi connectivity index (χ4v) is 4.18. The fraction of sp³-hybridized carbons (Fsp3) is 0.241. The van der Waals surface area contributed by atoms with Crippen molar-refractivity contribution in [3.63, 3.8) is 0 Å². The molecule has 11 nitrogen and oxygen atoms in total. The van der Waals surface area contributed by atoms with Crippen LogP contribution in [0.1, 0.15) is 0 Å². The van der Waals surface area contributed by atoms with Gasteiger partial charge in [-0.05, 0) is 38.4 Å². The van der Waals surface area contributed by atoms with Gasteiger partial charge in [0.25, 0.3) is 0 Å². The minimum atomic E-state index is -0.329. The maximum Gasteiger partial charge on any atom is 0.247 e. The highest BCUT2D eigenvalue weighted by atomic mass is 35.5. The first-order chi connectivity index (χ1) is 19.7. The molecule has 0 aliphatic carbocycles. The van der Waals surface area contributed by atoms with Gasteiger partial charge >= 0.3 is 0 Å². The van der Waals surface area contributed by atoms with Crippen molar-refractivity contribution in [2.24, 2.45) is 7.05 Å².